The topological polar surface area (TPSA) is 58.2 Å². The lowest BCUT2D eigenvalue weighted by atomic mass is 9.75. The van der Waals surface area contributed by atoms with Gasteiger partial charge in [-0.2, -0.15) is 0 Å². The molecule has 4 nitrogen and oxygen atoms in total. The number of carbonyl (C=O) groups excluding carboxylic acids is 2. The number of nitrogens with one attached hydrogen (secondary N) is 2. The quantitative estimate of drug-likeness (QED) is 0.187. The highest BCUT2D eigenvalue weighted by atomic mass is 16.2. The van der Waals surface area contributed by atoms with E-state index in [2.05, 4.69) is 48.6 Å². The van der Waals surface area contributed by atoms with Gasteiger partial charge in [-0.1, -0.05) is 98.4 Å². The molecule has 0 saturated carbocycles. The zero-order valence-electron chi connectivity index (χ0n) is 23.5. The molecule has 0 unspecified atom stereocenters. The molecule has 0 spiro atoms. The minimum absolute atomic E-state index is 0.110. The summed E-state index contributed by atoms with van der Waals surface area (Å²) in [6, 6.07) is 39.6. The van der Waals surface area contributed by atoms with Gasteiger partial charge in [0.25, 0.3) is 11.8 Å². The number of rotatable bonds is 9. The highest BCUT2D eigenvalue weighted by Crippen LogP contribution is 2.27. The number of hydrogen-bond acceptors (Lipinski definition) is 2. The summed E-state index contributed by atoms with van der Waals surface area (Å²) in [4.78, 5) is 25.2. The van der Waals surface area contributed by atoms with Gasteiger partial charge in [0, 0.05) is 22.5 Å². The number of benzene rings is 5. The van der Waals surface area contributed by atoms with Crippen LogP contribution in [0.25, 0.3) is 22.3 Å². The third kappa shape index (κ3) is 7.01. The molecule has 0 fully saturated rings. The lowest BCUT2D eigenvalue weighted by Gasteiger charge is -2.09. The molecular formula is C36H33BN2O2. The van der Waals surface area contributed by atoms with E-state index in [4.69, 9.17) is 0 Å². The van der Waals surface area contributed by atoms with E-state index >= 15 is 0 Å². The number of amides is 2. The Labute approximate surface area is 242 Å². The van der Waals surface area contributed by atoms with Gasteiger partial charge in [-0.05, 0) is 82.8 Å². The van der Waals surface area contributed by atoms with E-state index in [0.717, 1.165) is 53.6 Å². The lowest BCUT2D eigenvalue weighted by Crippen LogP contribution is -2.11. The maximum absolute atomic E-state index is 12.6. The van der Waals surface area contributed by atoms with Crippen LogP contribution in [0.15, 0.2) is 121 Å². The van der Waals surface area contributed by atoms with E-state index in [0.29, 0.717) is 11.1 Å². The molecule has 0 aromatic heterocycles. The van der Waals surface area contributed by atoms with Crippen LogP contribution < -0.4 is 10.6 Å². The summed E-state index contributed by atoms with van der Waals surface area (Å²) in [7, 11) is 1.09. The summed E-state index contributed by atoms with van der Waals surface area (Å²) < 4.78 is 0. The van der Waals surface area contributed by atoms with Crippen LogP contribution >= 0.6 is 0 Å². The Morgan fingerprint density at radius 2 is 0.854 bits per heavy atom. The van der Waals surface area contributed by atoms with Crippen molar-refractivity contribution in [2.45, 2.75) is 26.5 Å². The fourth-order valence-electron chi connectivity index (χ4n) is 4.76. The molecule has 0 radical (unpaired) electrons. The average Bonchev–Trinajstić information content (AvgIpc) is 3.02. The van der Waals surface area contributed by atoms with Crippen molar-refractivity contribution in [1.82, 2.24) is 0 Å². The molecule has 0 atom stereocenters. The highest BCUT2D eigenvalue weighted by molar-refractivity contribution is 6.32. The predicted octanol–water partition coefficient (Wildman–Crippen LogP) is 8.07. The van der Waals surface area contributed by atoms with Gasteiger partial charge in [0.1, 0.15) is 7.28 Å². The van der Waals surface area contributed by atoms with Crippen molar-refractivity contribution in [2.75, 3.05) is 10.6 Å². The van der Waals surface area contributed by atoms with Gasteiger partial charge in [0.05, 0.1) is 0 Å². The first-order chi connectivity index (χ1) is 20.0. The second kappa shape index (κ2) is 13.0. The number of aryl methyl sites for hydroxylation is 1. The molecule has 0 aliphatic heterocycles. The maximum atomic E-state index is 12.6. The Morgan fingerprint density at radius 1 is 0.512 bits per heavy atom. The van der Waals surface area contributed by atoms with Gasteiger partial charge in [0.2, 0.25) is 0 Å². The Kier molecular flexibility index (Phi) is 8.75. The van der Waals surface area contributed by atoms with E-state index < -0.39 is 0 Å². The van der Waals surface area contributed by atoms with Crippen molar-refractivity contribution in [2.24, 2.45) is 0 Å². The van der Waals surface area contributed by atoms with Crippen molar-refractivity contribution in [3.05, 3.63) is 144 Å². The molecule has 0 bridgehead atoms. The van der Waals surface area contributed by atoms with Crippen molar-refractivity contribution in [3.8, 4) is 22.3 Å². The first-order valence-electron chi connectivity index (χ1n) is 14.1. The van der Waals surface area contributed by atoms with Crippen LogP contribution in [0.1, 0.15) is 38.8 Å². The molecule has 0 saturated heterocycles. The fraction of sp³-hybridized carbons (Fsp3) is 0.111. The van der Waals surface area contributed by atoms with Crippen LogP contribution in [0, 0.1) is 0 Å². The summed E-state index contributed by atoms with van der Waals surface area (Å²) >= 11 is 0. The summed E-state index contributed by atoms with van der Waals surface area (Å²) in [5.74, 6) is -0.224. The first-order valence-corrected chi connectivity index (χ1v) is 14.1. The van der Waals surface area contributed by atoms with Crippen molar-refractivity contribution < 1.29 is 9.59 Å². The molecule has 0 heterocycles. The Morgan fingerprint density at radius 3 is 1.20 bits per heavy atom. The largest absolute Gasteiger partial charge is 0.322 e. The van der Waals surface area contributed by atoms with Gasteiger partial charge in [-0.25, -0.2) is 0 Å². The van der Waals surface area contributed by atoms with Gasteiger partial charge < -0.3 is 10.6 Å². The number of carbonyl (C=O) groups is 2. The minimum Gasteiger partial charge on any atom is -0.322 e. The molecule has 5 aromatic carbocycles. The second-order valence-corrected chi connectivity index (χ2v) is 10.1. The molecule has 2 amide bonds. The number of hydrogen-bond donors (Lipinski definition) is 2. The van der Waals surface area contributed by atoms with E-state index in [-0.39, 0.29) is 11.8 Å². The standard InChI is InChI=1S/C36H33BN2O2/c1-3-25-4-8-31(9-5-25)35(40)38-33-20-16-29(17-21-33)27-12-14-28(15-13-27)30-18-22-34(23-19-30)39-36(41)32-10-6-26(7-11-32)24-37-2/h4-23,37H,3,24H2,1-2H3,(H,38,40)(H,39,41). The normalized spacial score (nSPS) is 10.6. The van der Waals surface area contributed by atoms with Crippen LogP contribution in [0.5, 0.6) is 0 Å². The van der Waals surface area contributed by atoms with Crippen LogP contribution in [-0.4, -0.2) is 19.1 Å². The van der Waals surface area contributed by atoms with Gasteiger partial charge in [0.15, 0.2) is 0 Å². The van der Waals surface area contributed by atoms with Crippen LogP contribution in [0.4, 0.5) is 11.4 Å². The van der Waals surface area contributed by atoms with E-state index in [1.54, 1.807) is 0 Å². The first kappa shape index (κ1) is 27.7. The molecule has 0 aliphatic carbocycles. The fourth-order valence-corrected chi connectivity index (χ4v) is 4.76. The maximum Gasteiger partial charge on any atom is 0.255 e. The van der Waals surface area contributed by atoms with Gasteiger partial charge in [-0.15, -0.1) is 0 Å². The van der Waals surface area contributed by atoms with Crippen LogP contribution in [-0.2, 0) is 12.7 Å². The summed E-state index contributed by atoms with van der Waals surface area (Å²) in [5.41, 5.74) is 9.61. The molecule has 2 N–H and O–H groups in total. The third-order valence-electron chi connectivity index (χ3n) is 7.22. The summed E-state index contributed by atoms with van der Waals surface area (Å²) in [6.07, 6.45) is 1.97. The smallest absolute Gasteiger partial charge is 0.255 e. The Hall–Kier alpha value is -4.90. The second-order valence-electron chi connectivity index (χ2n) is 10.1. The monoisotopic (exact) mass is 536 g/mol. The molecule has 5 rings (SSSR count). The van der Waals surface area contributed by atoms with E-state index in [1.165, 1.54) is 11.1 Å². The molecule has 5 heteroatoms. The molecule has 202 valence electrons. The zero-order chi connectivity index (χ0) is 28.6. The molecule has 5 aromatic rings. The molecule has 41 heavy (non-hydrogen) atoms. The third-order valence-corrected chi connectivity index (χ3v) is 7.22. The predicted molar refractivity (Wildman–Crippen MR) is 172 cm³/mol. The van der Waals surface area contributed by atoms with Crippen molar-refractivity contribution >= 4 is 30.5 Å². The Bertz CT molecular complexity index is 1610. The van der Waals surface area contributed by atoms with Crippen LogP contribution in [0.2, 0.25) is 6.82 Å². The van der Waals surface area contributed by atoms with E-state index in [9.17, 15) is 9.59 Å². The van der Waals surface area contributed by atoms with E-state index in [1.807, 2.05) is 97.1 Å². The summed E-state index contributed by atoms with van der Waals surface area (Å²) in [5, 5.41) is 5.96. The zero-order valence-corrected chi connectivity index (χ0v) is 23.5. The lowest BCUT2D eigenvalue weighted by molar-refractivity contribution is 0.101. The average molecular weight is 536 g/mol. The minimum atomic E-state index is -0.114. The van der Waals surface area contributed by atoms with Gasteiger partial charge >= 0.3 is 0 Å². The molecule has 0 aliphatic rings. The van der Waals surface area contributed by atoms with Crippen molar-refractivity contribution in [3.63, 3.8) is 0 Å². The highest BCUT2D eigenvalue weighted by Gasteiger charge is 2.08. The SMILES string of the molecule is CBCc1ccc(C(=O)Nc2ccc(-c3ccc(-c4ccc(NC(=O)c5ccc(CC)cc5)cc4)cc3)cc2)cc1. The van der Waals surface area contributed by atoms with Crippen LogP contribution in [0.3, 0.4) is 0 Å². The Balaban J connectivity index is 1.19. The van der Waals surface area contributed by atoms with Gasteiger partial charge in [-0.3, -0.25) is 9.59 Å². The number of anilines is 2. The van der Waals surface area contributed by atoms with Crippen molar-refractivity contribution in [1.29, 1.82) is 0 Å². The summed E-state index contributed by atoms with van der Waals surface area (Å²) in [6.45, 7) is 4.24. The molecular weight excluding hydrogens is 503 g/mol.